The van der Waals surface area contributed by atoms with E-state index < -0.39 is 47.7 Å². The summed E-state index contributed by atoms with van der Waals surface area (Å²) in [6, 6.07) is 15.1. The summed E-state index contributed by atoms with van der Waals surface area (Å²) >= 11 is 0. The largest absolute Gasteiger partial charge is 0.455 e. The summed E-state index contributed by atoms with van der Waals surface area (Å²) in [5.41, 5.74) is 1.05. The number of benzene rings is 2. The molecule has 12 nitrogen and oxygen atoms in total. The Balaban J connectivity index is 1.48. The highest BCUT2D eigenvalue weighted by atomic mass is 16.6. The number of likely N-dealkylation sites (tertiary alicyclic amines) is 1. The second-order valence-corrected chi connectivity index (χ2v) is 13.8. The van der Waals surface area contributed by atoms with E-state index >= 15 is 0 Å². The van der Waals surface area contributed by atoms with Gasteiger partial charge in [-0.25, -0.2) is 0 Å². The first-order chi connectivity index (χ1) is 25.7. The van der Waals surface area contributed by atoms with Gasteiger partial charge in [-0.1, -0.05) is 42.5 Å². The summed E-state index contributed by atoms with van der Waals surface area (Å²) in [6.45, 7) is 13.6. The summed E-state index contributed by atoms with van der Waals surface area (Å²) < 4.78 is 18.4. The van der Waals surface area contributed by atoms with Gasteiger partial charge in [0.25, 0.3) is 5.91 Å². The highest BCUT2D eigenvalue weighted by Crippen LogP contribution is 2.59. The second-order valence-electron chi connectivity index (χ2n) is 13.8. The van der Waals surface area contributed by atoms with Gasteiger partial charge >= 0.3 is 5.97 Å². The summed E-state index contributed by atoms with van der Waals surface area (Å²) in [6.07, 6.45) is 3.51. The summed E-state index contributed by atoms with van der Waals surface area (Å²) in [5.74, 6) is -3.57. The number of esters is 1. The summed E-state index contributed by atoms with van der Waals surface area (Å²) in [4.78, 5) is 62.0. The lowest BCUT2D eigenvalue weighted by Gasteiger charge is -2.37. The molecule has 0 saturated carbocycles. The number of nitrogens with zero attached hydrogens (tertiary/aromatic N) is 3. The number of aliphatic hydroxyl groups is 1. The van der Waals surface area contributed by atoms with Crippen LogP contribution < -0.4 is 15.1 Å². The van der Waals surface area contributed by atoms with Crippen molar-refractivity contribution >= 4 is 35.1 Å². The SMILES string of the molecule is C=CCCC(=O)N[C@H](COC)[C@H](OC(=O)[C@@H]1[C@H]2C(=O)N(CCCO)[C@H](C(=O)N(CC=C)c3ccc(N(CC)CC)cc3)[C@]23CC[C@H]1O3)c1ccccc1. The number of allylic oxidation sites excluding steroid dienone is 1. The van der Waals surface area contributed by atoms with Crippen molar-refractivity contribution in [3.05, 3.63) is 85.5 Å². The molecule has 3 heterocycles. The fourth-order valence-corrected chi connectivity index (χ4v) is 8.34. The van der Waals surface area contributed by atoms with Crippen LogP contribution in [-0.4, -0.2) is 104 Å². The van der Waals surface area contributed by atoms with E-state index in [-0.39, 0.29) is 56.9 Å². The molecule has 7 atom stereocenters. The van der Waals surface area contributed by atoms with Crippen LogP contribution in [0, 0.1) is 11.8 Å². The molecule has 12 heteroatoms. The lowest BCUT2D eigenvalue weighted by atomic mass is 9.70. The molecule has 5 rings (SSSR count). The van der Waals surface area contributed by atoms with Crippen LogP contribution in [0.15, 0.2) is 79.9 Å². The van der Waals surface area contributed by atoms with Crippen molar-refractivity contribution in [1.82, 2.24) is 10.2 Å². The van der Waals surface area contributed by atoms with Gasteiger partial charge in [0.05, 0.1) is 30.6 Å². The number of ether oxygens (including phenoxy) is 3. The number of methoxy groups -OCH3 is 1. The fourth-order valence-electron chi connectivity index (χ4n) is 8.34. The maximum Gasteiger partial charge on any atom is 0.313 e. The van der Waals surface area contributed by atoms with Crippen LogP contribution in [-0.2, 0) is 33.4 Å². The number of anilines is 2. The number of nitrogens with one attached hydrogen (secondary N) is 1. The Hall–Kier alpha value is -4.52. The molecule has 2 aromatic carbocycles. The molecule has 3 aliphatic heterocycles. The van der Waals surface area contributed by atoms with Gasteiger partial charge in [-0.2, -0.15) is 0 Å². The molecule has 2 bridgehead atoms. The number of hydrogen-bond donors (Lipinski definition) is 2. The third-order valence-corrected chi connectivity index (χ3v) is 10.7. The fraction of sp³-hybridized carbons (Fsp3) is 0.512. The van der Waals surface area contributed by atoms with E-state index in [1.165, 1.54) is 12.0 Å². The number of rotatable bonds is 20. The minimum absolute atomic E-state index is 0.0596. The molecule has 2 aromatic rings. The zero-order valence-corrected chi connectivity index (χ0v) is 31.2. The molecular weight excluding hydrogens is 676 g/mol. The normalized spacial score (nSPS) is 23.9. The van der Waals surface area contributed by atoms with Crippen LogP contribution in [0.5, 0.6) is 0 Å². The highest BCUT2D eigenvalue weighted by Gasteiger charge is 2.75. The standard InChI is InChI=1S/C41H54N4O8/c1-6-10-17-33(47)42-31(27-51-5)36(28-15-12-11-13-16-28)52-40(50)34-32-22-23-41(53-32)35(34)38(48)45(25-14-26-46)37(41)39(49)44(24-7-2)30-20-18-29(19-21-30)43(8-3)9-4/h6-7,11-13,15-16,18-21,31-32,34-37,46H,1-2,8-10,14,17,22-27H2,3-5H3,(H,42,47)/t31-,32-,34+,35+,36-,37-,41+/m1/s1. The van der Waals surface area contributed by atoms with E-state index in [0.29, 0.717) is 30.5 Å². The lowest BCUT2D eigenvalue weighted by molar-refractivity contribution is -0.163. The number of fused-ring (bicyclic) bond motifs is 1. The Morgan fingerprint density at radius 1 is 1.08 bits per heavy atom. The van der Waals surface area contributed by atoms with Gasteiger partial charge in [0.2, 0.25) is 11.8 Å². The molecule has 0 aliphatic carbocycles. The van der Waals surface area contributed by atoms with Crippen molar-refractivity contribution in [2.45, 2.75) is 75.8 Å². The van der Waals surface area contributed by atoms with Crippen LogP contribution in [0.25, 0.3) is 0 Å². The second kappa shape index (κ2) is 18.0. The third-order valence-electron chi connectivity index (χ3n) is 10.7. The van der Waals surface area contributed by atoms with Gasteiger partial charge in [0.15, 0.2) is 0 Å². The van der Waals surface area contributed by atoms with Gasteiger partial charge in [0.1, 0.15) is 17.7 Å². The zero-order valence-electron chi connectivity index (χ0n) is 31.2. The topological polar surface area (TPSA) is 138 Å². The van der Waals surface area contributed by atoms with Crippen molar-refractivity contribution in [3.8, 4) is 0 Å². The predicted molar refractivity (Wildman–Crippen MR) is 202 cm³/mol. The first-order valence-electron chi connectivity index (χ1n) is 18.7. The van der Waals surface area contributed by atoms with Gasteiger partial charge < -0.3 is 39.3 Å². The van der Waals surface area contributed by atoms with Crippen molar-refractivity contribution in [1.29, 1.82) is 0 Å². The first kappa shape index (κ1) is 39.7. The Morgan fingerprint density at radius 3 is 2.40 bits per heavy atom. The number of amides is 3. The van der Waals surface area contributed by atoms with Gasteiger partial charge in [0, 0.05) is 57.7 Å². The molecule has 0 radical (unpaired) electrons. The van der Waals surface area contributed by atoms with E-state index in [9.17, 15) is 24.3 Å². The van der Waals surface area contributed by atoms with Gasteiger partial charge in [-0.3, -0.25) is 19.2 Å². The van der Waals surface area contributed by atoms with E-state index in [1.807, 2.05) is 54.6 Å². The molecular formula is C41H54N4O8. The molecule has 3 saturated heterocycles. The smallest absolute Gasteiger partial charge is 0.313 e. The summed E-state index contributed by atoms with van der Waals surface area (Å²) in [5, 5.41) is 12.8. The number of carbonyl (C=O) groups is 4. The third kappa shape index (κ3) is 8.05. The Labute approximate surface area is 312 Å². The Morgan fingerprint density at radius 2 is 1.77 bits per heavy atom. The van der Waals surface area contributed by atoms with Crippen molar-refractivity contribution < 1.29 is 38.5 Å². The van der Waals surface area contributed by atoms with Crippen LogP contribution in [0.1, 0.15) is 57.6 Å². The number of aliphatic hydroxyl groups excluding tert-OH is 1. The average molecular weight is 731 g/mol. The van der Waals surface area contributed by atoms with Crippen LogP contribution in [0.2, 0.25) is 0 Å². The quantitative estimate of drug-likeness (QED) is 0.152. The minimum Gasteiger partial charge on any atom is -0.455 e. The van der Waals surface area contributed by atoms with E-state index in [0.717, 1.165) is 18.8 Å². The van der Waals surface area contributed by atoms with Crippen molar-refractivity contribution in [3.63, 3.8) is 0 Å². The van der Waals surface area contributed by atoms with Gasteiger partial charge in [-0.05, 0) is 69.4 Å². The van der Waals surface area contributed by atoms with Crippen molar-refractivity contribution in [2.24, 2.45) is 11.8 Å². The van der Waals surface area contributed by atoms with Crippen LogP contribution in [0.4, 0.5) is 11.4 Å². The average Bonchev–Trinajstić information content (AvgIpc) is 3.82. The minimum atomic E-state index is -1.27. The molecule has 3 aliphatic rings. The van der Waals surface area contributed by atoms with E-state index in [4.69, 9.17) is 14.2 Å². The molecule has 3 fully saturated rings. The molecule has 0 unspecified atom stereocenters. The number of carbonyl (C=O) groups excluding carboxylic acids is 4. The maximum atomic E-state index is 14.8. The maximum absolute atomic E-state index is 14.8. The molecule has 3 amide bonds. The predicted octanol–water partition coefficient (Wildman–Crippen LogP) is 4.19. The molecule has 2 N–H and O–H groups in total. The molecule has 0 aromatic heterocycles. The van der Waals surface area contributed by atoms with E-state index in [2.05, 4.69) is 37.2 Å². The zero-order chi connectivity index (χ0) is 38.1. The monoisotopic (exact) mass is 730 g/mol. The van der Waals surface area contributed by atoms with Crippen LogP contribution in [0.3, 0.4) is 0 Å². The number of hydrogen-bond acceptors (Lipinski definition) is 9. The highest BCUT2D eigenvalue weighted by molar-refractivity contribution is 6.04. The van der Waals surface area contributed by atoms with Gasteiger partial charge in [-0.15, -0.1) is 13.2 Å². The molecule has 286 valence electrons. The van der Waals surface area contributed by atoms with Crippen LogP contribution >= 0.6 is 0 Å². The first-order valence-corrected chi connectivity index (χ1v) is 18.7. The van der Waals surface area contributed by atoms with E-state index in [1.54, 1.807) is 17.1 Å². The van der Waals surface area contributed by atoms with Crippen molar-refractivity contribution in [2.75, 3.05) is 56.3 Å². The summed E-state index contributed by atoms with van der Waals surface area (Å²) in [7, 11) is 1.50. The lowest BCUT2D eigenvalue weighted by Crippen LogP contribution is -2.56. The molecule has 53 heavy (non-hydrogen) atoms. The Bertz CT molecular complexity index is 1600. The Kier molecular flexibility index (Phi) is 13.5. The molecule has 1 spiro atoms.